The Kier molecular flexibility index (Phi) is 4.40. The monoisotopic (exact) mass is 287 g/mol. The Morgan fingerprint density at radius 2 is 1.95 bits per heavy atom. The fraction of sp³-hybridized carbons (Fsp3) is 0.647. The molecule has 0 aromatic heterocycles. The topological polar surface area (TPSA) is 81.3 Å². The van der Waals surface area contributed by atoms with Crippen molar-refractivity contribution in [3.05, 3.63) is 11.6 Å². The number of hydrogen-bond donors (Lipinski definition) is 2. The highest BCUT2D eigenvalue weighted by Gasteiger charge is 2.56. The summed E-state index contributed by atoms with van der Waals surface area (Å²) in [7, 11) is 0. The van der Waals surface area contributed by atoms with Crippen molar-refractivity contribution in [3.63, 3.8) is 0 Å². The quantitative estimate of drug-likeness (QED) is 0.617. The van der Waals surface area contributed by atoms with Crippen LogP contribution in [0, 0.1) is 34.5 Å². The average molecular weight is 287 g/mol. The smallest absolute Gasteiger partial charge is 0.329 e. The Labute approximate surface area is 125 Å². The third kappa shape index (κ3) is 3.46. The van der Waals surface area contributed by atoms with Crippen LogP contribution >= 0.6 is 0 Å². The van der Waals surface area contributed by atoms with Crippen LogP contribution in [0.3, 0.4) is 0 Å². The molecule has 0 bridgehead atoms. The van der Waals surface area contributed by atoms with E-state index >= 15 is 0 Å². The van der Waals surface area contributed by atoms with Crippen LogP contribution in [0.15, 0.2) is 11.6 Å². The normalized spacial score (nSPS) is 24.1. The summed E-state index contributed by atoms with van der Waals surface area (Å²) in [6.45, 7) is 1.55. The predicted molar refractivity (Wildman–Crippen MR) is 78.0 cm³/mol. The second-order valence-corrected chi connectivity index (χ2v) is 6.29. The molecule has 0 spiro atoms. The highest BCUT2D eigenvalue weighted by molar-refractivity contribution is 5.82. The zero-order chi connectivity index (χ0) is 15.5. The zero-order valence-electron chi connectivity index (χ0n) is 12.4. The minimum atomic E-state index is -1.38. The van der Waals surface area contributed by atoms with Crippen molar-refractivity contribution in [1.29, 1.82) is 5.26 Å². The Bertz CT molecular complexity index is 547. The summed E-state index contributed by atoms with van der Waals surface area (Å²) < 4.78 is 0. The number of carboxylic acids is 1. The summed E-state index contributed by atoms with van der Waals surface area (Å²) in [5.74, 6) is 4.79. The Morgan fingerprint density at radius 1 is 1.33 bits per heavy atom. The standard InChI is InChI=1S/C17H21NO3/c1-16(21,17(12-18)9-10-17)8-7-14(11-15(19)20)13-5-3-2-4-6-13/h11,13,21H,2-6,9-10H2,1H3,(H,19,20)/b14-11+/t16-/m0/s1. The molecule has 1 atom stereocenters. The summed E-state index contributed by atoms with van der Waals surface area (Å²) in [6.07, 6.45) is 7.69. The van der Waals surface area contributed by atoms with Gasteiger partial charge in [0.1, 0.15) is 5.60 Å². The molecule has 21 heavy (non-hydrogen) atoms. The molecule has 2 aliphatic carbocycles. The van der Waals surface area contributed by atoms with Crippen molar-refractivity contribution in [3.8, 4) is 17.9 Å². The Hall–Kier alpha value is -1.78. The van der Waals surface area contributed by atoms with E-state index in [2.05, 4.69) is 17.9 Å². The first-order valence-electron chi connectivity index (χ1n) is 7.51. The van der Waals surface area contributed by atoms with Gasteiger partial charge in [0.2, 0.25) is 0 Å². The third-order valence-corrected chi connectivity index (χ3v) is 4.67. The molecule has 0 aromatic carbocycles. The summed E-state index contributed by atoms with van der Waals surface area (Å²) in [4.78, 5) is 11.0. The van der Waals surface area contributed by atoms with Gasteiger partial charge < -0.3 is 10.2 Å². The van der Waals surface area contributed by atoms with Crippen molar-refractivity contribution in [2.75, 3.05) is 0 Å². The first kappa shape index (κ1) is 15.6. The zero-order valence-corrected chi connectivity index (χ0v) is 12.4. The van der Waals surface area contributed by atoms with Gasteiger partial charge in [-0.25, -0.2) is 4.79 Å². The number of hydrogen-bond acceptors (Lipinski definition) is 3. The van der Waals surface area contributed by atoms with E-state index in [1.807, 2.05) is 0 Å². The van der Waals surface area contributed by atoms with E-state index in [1.54, 1.807) is 6.92 Å². The van der Waals surface area contributed by atoms with E-state index in [0.717, 1.165) is 31.8 Å². The Morgan fingerprint density at radius 3 is 2.43 bits per heavy atom. The van der Waals surface area contributed by atoms with Crippen LogP contribution in [-0.2, 0) is 4.79 Å². The van der Waals surface area contributed by atoms with Gasteiger partial charge in [-0.15, -0.1) is 0 Å². The number of carboxylic acid groups (broad SMARTS) is 1. The molecule has 4 heteroatoms. The number of nitrogens with zero attached hydrogens (tertiary/aromatic N) is 1. The maximum absolute atomic E-state index is 11.0. The van der Waals surface area contributed by atoms with Gasteiger partial charge in [-0.2, -0.15) is 5.26 Å². The molecule has 2 saturated carbocycles. The molecule has 112 valence electrons. The summed E-state index contributed by atoms with van der Waals surface area (Å²) in [6, 6.07) is 2.15. The van der Waals surface area contributed by atoms with Crippen LogP contribution in [0.1, 0.15) is 51.9 Å². The molecule has 2 N–H and O–H groups in total. The van der Waals surface area contributed by atoms with Crippen molar-refractivity contribution in [1.82, 2.24) is 0 Å². The lowest BCUT2D eigenvalue weighted by atomic mass is 9.82. The lowest BCUT2D eigenvalue weighted by molar-refractivity contribution is -0.131. The molecule has 0 unspecified atom stereocenters. The predicted octanol–water partition coefficient (Wildman–Crippen LogP) is 2.64. The fourth-order valence-electron chi connectivity index (χ4n) is 2.95. The van der Waals surface area contributed by atoms with Gasteiger partial charge in [0, 0.05) is 11.6 Å². The highest BCUT2D eigenvalue weighted by atomic mass is 16.4. The van der Waals surface area contributed by atoms with Gasteiger partial charge in [0.25, 0.3) is 0 Å². The second kappa shape index (κ2) is 5.92. The Balaban J connectivity index is 2.22. The largest absolute Gasteiger partial charge is 0.478 e. The van der Waals surface area contributed by atoms with E-state index in [-0.39, 0.29) is 5.92 Å². The lowest BCUT2D eigenvalue weighted by Gasteiger charge is -2.23. The van der Waals surface area contributed by atoms with Crippen LogP contribution in [0.25, 0.3) is 0 Å². The van der Waals surface area contributed by atoms with Crippen molar-refractivity contribution in [2.45, 2.75) is 57.5 Å². The van der Waals surface area contributed by atoms with Crippen molar-refractivity contribution in [2.24, 2.45) is 11.3 Å². The SMILES string of the molecule is C[C@](O)(C#C/C(=C\C(=O)O)C1CCCCC1)C1(C#N)CC1. The van der Waals surface area contributed by atoms with E-state index in [9.17, 15) is 9.90 Å². The van der Waals surface area contributed by atoms with Gasteiger partial charge in [0.05, 0.1) is 11.5 Å². The maximum Gasteiger partial charge on any atom is 0.329 e. The molecule has 4 nitrogen and oxygen atoms in total. The number of aliphatic hydroxyl groups is 1. The lowest BCUT2D eigenvalue weighted by Crippen LogP contribution is -2.33. The van der Waals surface area contributed by atoms with Gasteiger partial charge in [-0.05, 0) is 38.5 Å². The summed E-state index contributed by atoms with van der Waals surface area (Å²) in [5, 5.41) is 28.6. The number of aliphatic carboxylic acids is 1. The van der Waals surface area contributed by atoms with Crippen molar-refractivity contribution >= 4 is 5.97 Å². The van der Waals surface area contributed by atoms with Crippen LogP contribution in [0.5, 0.6) is 0 Å². The minimum Gasteiger partial charge on any atom is -0.478 e. The maximum atomic E-state index is 11.0. The number of allylic oxidation sites excluding steroid dienone is 1. The minimum absolute atomic E-state index is 0.162. The van der Waals surface area contributed by atoms with E-state index < -0.39 is 17.0 Å². The molecule has 0 saturated heterocycles. The van der Waals surface area contributed by atoms with E-state index in [1.165, 1.54) is 6.42 Å². The van der Waals surface area contributed by atoms with Crippen LogP contribution in [0.4, 0.5) is 0 Å². The van der Waals surface area contributed by atoms with Gasteiger partial charge in [0.15, 0.2) is 0 Å². The molecule has 0 aromatic rings. The van der Waals surface area contributed by atoms with E-state index in [4.69, 9.17) is 10.4 Å². The van der Waals surface area contributed by atoms with Crippen LogP contribution in [0.2, 0.25) is 0 Å². The molecule has 0 aliphatic heterocycles. The van der Waals surface area contributed by atoms with Gasteiger partial charge in [-0.3, -0.25) is 0 Å². The van der Waals surface area contributed by atoms with Crippen LogP contribution < -0.4 is 0 Å². The fourth-order valence-corrected chi connectivity index (χ4v) is 2.95. The molecule has 2 fully saturated rings. The molecule has 0 radical (unpaired) electrons. The van der Waals surface area contributed by atoms with Gasteiger partial charge in [-0.1, -0.05) is 31.1 Å². The average Bonchev–Trinajstić information content (AvgIpc) is 3.25. The first-order valence-corrected chi connectivity index (χ1v) is 7.51. The van der Waals surface area contributed by atoms with Crippen molar-refractivity contribution < 1.29 is 15.0 Å². The van der Waals surface area contributed by atoms with E-state index in [0.29, 0.717) is 18.4 Å². The van der Waals surface area contributed by atoms with Gasteiger partial charge >= 0.3 is 5.97 Å². The molecule has 2 rings (SSSR count). The molecular weight excluding hydrogens is 266 g/mol. The molecule has 0 heterocycles. The number of nitriles is 1. The number of rotatable bonds is 3. The molecule has 0 amide bonds. The molecule has 2 aliphatic rings. The summed E-state index contributed by atoms with van der Waals surface area (Å²) >= 11 is 0. The van der Waals surface area contributed by atoms with Crippen LogP contribution in [-0.4, -0.2) is 21.8 Å². The second-order valence-electron chi connectivity index (χ2n) is 6.29. The third-order valence-electron chi connectivity index (χ3n) is 4.67. The summed E-state index contributed by atoms with van der Waals surface area (Å²) in [5.41, 5.74) is -1.58. The number of carbonyl (C=O) groups is 1. The highest BCUT2D eigenvalue weighted by Crippen LogP contribution is 2.53. The molecular formula is C17H21NO3. The first-order chi connectivity index (χ1) is 9.90.